The van der Waals surface area contributed by atoms with Crippen LogP contribution in [-0.2, 0) is 37.0 Å². The standard InChI is InChI=1S/C26H34N2O7/c1-18(34-16-20-13-9-6-10-14-20)22(28-25(32)35-26(2,3)4)23(29)27-21(24(30)31)17-33-15-19-11-7-5-8-12-19/h5-14,18,21-22H,15-17H2,1-4H3,(H,27,29)(H,28,32)(H,30,31)/t18-,21-,22+/m1/s1. The fourth-order valence-electron chi connectivity index (χ4n) is 3.03. The molecule has 35 heavy (non-hydrogen) atoms. The van der Waals surface area contributed by atoms with Crippen LogP contribution in [0.2, 0.25) is 0 Å². The molecule has 0 aliphatic heterocycles. The van der Waals surface area contributed by atoms with Gasteiger partial charge in [-0.1, -0.05) is 60.7 Å². The number of nitrogens with one attached hydrogen (secondary N) is 2. The molecule has 0 heterocycles. The molecule has 190 valence electrons. The van der Waals surface area contributed by atoms with Crippen molar-refractivity contribution in [1.82, 2.24) is 10.6 Å². The summed E-state index contributed by atoms with van der Waals surface area (Å²) < 4.78 is 16.6. The average Bonchev–Trinajstić information content (AvgIpc) is 2.80. The second-order valence-electron chi connectivity index (χ2n) is 9.03. The lowest BCUT2D eigenvalue weighted by molar-refractivity contribution is -0.144. The van der Waals surface area contributed by atoms with Crippen molar-refractivity contribution < 1.29 is 33.7 Å². The van der Waals surface area contributed by atoms with E-state index >= 15 is 0 Å². The van der Waals surface area contributed by atoms with E-state index in [0.717, 1.165) is 11.1 Å². The topological polar surface area (TPSA) is 123 Å². The second-order valence-corrected chi connectivity index (χ2v) is 9.03. The maximum Gasteiger partial charge on any atom is 0.408 e. The van der Waals surface area contributed by atoms with E-state index in [1.807, 2.05) is 60.7 Å². The minimum atomic E-state index is -1.32. The predicted octanol–water partition coefficient (Wildman–Crippen LogP) is 3.27. The number of carbonyl (C=O) groups excluding carboxylic acids is 2. The van der Waals surface area contributed by atoms with Gasteiger partial charge in [0.15, 0.2) is 6.04 Å². The number of carbonyl (C=O) groups is 3. The molecule has 0 unspecified atom stereocenters. The van der Waals surface area contributed by atoms with Crippen molar-refractivity contribution in [3.05, 3.63) is 71.8 Å². The van der Waals surface area contributed by atoms with E-state index in [2.05, 4.69) is 10.6 Å². The lowest BCUT2D eigenvalue weighted by Gasteiger charge is -2.28. The number of benzene rings is 2. The van der Waals surface area contributed by atoms with Crippen molar-refractivity contribution in [2.24, 2.45) is 0 Å². The Morgan fingerprint density at radius 2 is 1.43 bits per heavy atom. The maximum absolute atomic E-state index is 13.1. The Kier molecular flexibility index (Phi) is 10.7. The highest BCUT2D eigenvalue weighted by Crippen LogP contribution is 2.11. The van der Waals surface area contributed by atoms with E-state index in [1.54, 1.807) is 27.7 Å². The monoisotopic (exact) mass is 486 g/mol. The van der Waals surface area contributed by atoms with Crippen LogP contribution in [0.15, 0.2) is 60.7 Å². The fourth-order valence-corrected chi connectivity index (χ4v) is 3.03. The summed E-state index contributed by atoms with van der Waals surface area (Å²) >= 11 is 0. The molecule has 9 heteroatoms. The molecule has 2 aromatic rings. The molecule has 0 bridgehead atoms. The molecule has 3 N–H and O–H groups in total. The number of hydrogen-bond acceptors (Lipinski definition) is 6. The Balaban J connectivity index is 2.05. The second kappa shape index (κ2) is 13.5. The third-order valence-corrected chi connectivity index (χ3v) is 4.79. The number of alkyl carbamates (subject to hydrolysis) is 1. The smallest absolute Gasteiger partial charge is 0.408 e. The Morgan fingerprint density at radius 1 is 0.886 bits per heavy atom. The zero-order valence-electron chi connectivity index (χ0n) is 20.5. The van der Waals surface area contributed by atoms with Crippen LogP contribution < -0.4 is 10.6 Å². The van der Waals surface area contributed by atoms with Crippen LogP contribution in [0.1, 0.15) is 38.8 Å². The minimum absolute atomic E-state index is 0.191. The first-order chi connectivity index (χ1) is 16.5. The van der Waals surface area contributed by atoms with Gasteiger partial charge in [-0.3, -0.25) is 4.79 Å². The molecule has 0 saturated heterocycles. The molecule has 0 saturated carbocycles. The van der Waals surface area contributed by atoms with Crippen LogP contribution in [0.3, 0.4) is 0 Å². The van der Waals surface area contributed by atoms with Crippen molar-refractivity contribution in [2.75, 3.05) is 6.61 Å². The van der Waals surface area contributed by atoms with Gasteiger partial charge in [0.25, 0.3) is 0 Å². The molecular weight excluding hydrogens is 452 g/mol. The summed E-state index contributed by atoms with van der Waals surface area (Å²) in [5.41, 5.74) is 0.970. The summed E-state index contributed by atoms with van der Waals surface area (Å²) in [5, 5.41) is 14.5. The van der Waals surface area contributed by atoms with Gasteiger partial charge in [-0.15, -0.1) is 0 Å². The summed E-state index contributed by atoms with van der Waals surface area (Å²) in [6, 6.07) is 16.1. The molecule has 9 nitrogen and oxygen atoms in total. The van der Waals surface area contributed by atoms with Crippen LogP contribution >= 0.6 is 0 Å². The van der Waals surface area contributed by atoms with Gasteiger partial charge in [0, 0.05) is 0 Å². The van der Waals surface area contributed by atoms with Gasteiger partial charge in [-0.2, -0.15) is 0 Å². The third kappa shape index (κ3) is 10.6. The molecule has 0 aromatic heterocycles. The Morgan fingerprint density at radius 3 is 1.94 bits per heavy atom. The molecule has 2 aromatic carbocycles. The summed E-state index contributed by atoms with van der Waals surface area (Å²) in [7, 11) is 0. The predicted molar refractivity (Wildman–Crippen MR) is 130 cm³/mol. The van der Waals surface area contributed by atoms with Gasteiger partial charge < -0.3 is 30.0 Å². The van der Waals surface area contributed by atoms with Crippen molar-refractivity contribution in [1.29, 1.82) is 0 Å². The highest BCUT2D eigenvalue weighted by molar-refractivity contribution is 5.89. The molecule has 3 atom stereocenters. The number of ether oxygens (including phenoxy) is 3. The first kappa shape index (κ1) is 27.8. The van der Waals surface area contributed by atoms with Gasteiger partial charge in [0.2, 0.25) is 5.91 Å². The third-order valence-electron chi connectivity index (χ3n) is 4.79. The lowest BCUT2D eigenvalue weighted by Crippen LogP contribution is -2.57. The first-order valence-corrected chi connectivity index (χ1v) is 11.3. The Labute approximate surface area is 205 Å². The molecule has 0 fully saturated rings. The maximum atomic E-state index is 13.1. The summed E-state index contributed by atoms with van der Waals surface area (Å²) in [5.74, 6) is -1.99. The van der Waals surface area contributed by atoms with Crippen LogP contribution in [0.25, 0.3) is 0 Å². The van der Waals surface area contributed by atoms with Crippen LogP contribution in [0.5, 0.6) is 0 Å². The van der Waals surface area contributed by atoms with E-state index in [0.29, 0.717) is 0 Å². The summed E-state index contributed by atoms with van der Waals surface area (Å²) in [6.07, 6.45) is -1.61. The van der Waals surface area contributed by atoms with Gasteiger partial charge in [-0.05, 0) is 38.8 Å². The van der Waals surface area contributed by atoms with Crippen LogP contribution in [0, 0.1) is 0 Å². The molecule has 0 spiro atoms. The average molecular weight is 487 g/mol. The van der Waals surface area contributed by atoms with Crippen molar-refractivity contribution in [3.8, 4) is 0 Å². The summed E-state index contributed by atoms with van der Waals surface area (Å²) in [6.45, 7) is 6.84. The van der Waals surface area contributed by atoms with Gasteiger partial charge in [0.1, 0.15) is 11.6 Å². The highest BCUT2D eigenvalue weighted by Gasteiger charge is 2.32. The molecule has 2 rings (SSSR count). The van der Waals surface area contributed by atoms with E-state index in [-0.39, 0.29) is 19.8 Å². The molecule has 0 aliphatic rings. The van der Waals surface area contributed by atoms with E-state index in [9.17, 15) is 19.5 Å². The zero-order valence-corrected chi connectivity index (χ0v) is 20.5. The number of carboxylic acids is 1. The van der Waals surface area contributed by atoms with E-state index in [4.69, 9.17) is 14.2 Å². The van der Waals surface area contributed by atoms with E-state index < -0.39 is 41.8 Å². The summed E-state index contributed by atoms with van der Waals surface area (Å²) in [4.78, 5) is 37.2. The minimum Gasteiger partial charge on any atom is -0.480 e. The fraction of sp³-hybridized carbons (Fsp3) is 0.423. The molecule has 0 aliphatic carbocycles. The highest BCUT2D eigenvalue weighted by atomic mass is 16.6. The number of rotatable bonds is 12. The van der Waals surface area contributed by atoms with Gasteiger partial charge in [0.05, 0.1) is 25.9 Å². The van der Waals surface area contributed by atoms with Crippen LogP contribution in [0.4, 0.5) is 4.79 Å². The van der Waals surface area contributed by atoms with Crippen molar-refractivity contribution in [3.63, 3.8) is 0 Å². The lowest BCUT2D eigenvalue weighted by atomic mass is 10.1. The normalized spacial score (nSPS) is 13.8. The van der Waals surface area contributed by atoms with Crippen molar-refractivity contribution in [2.45, 2.75) is 64.7 Å². The first-order valence-electron chi connectivity index (χ1n) is 11.3. The van der Waals surface area contributed by atoms with Crippen LogP contribution in [-0.4, -0.2) is 53.5 Å². The van der Waals surface area contributed by atoms with Gasteiger partial charge in [-0.25, -0.2) is 9.59 Å². The molecular formula is C26H34N2O7. The number of amides is 2. The number of hydrogen-bond donors (Lipinski definition) is 3. The zero-order chi connectivity index (χ0) is 25.8. The van der Waals surface area contributed by atoms with Crippen molar-refractivity contribution >= 4 is 18.0 Å². The SMILES string of the molecule is C[C@@H](OCc1ccccc1)[C@H](NC(=O)OC(C)(C)C)C(=O)N[C@H](COCc1ccccc1)C(=O)O. The Hall–Kier alpha value is -3.43. The van der Waals surface area contributed by atoms with Gasteiger partial charge >= 0.3 is 12.1 Å². The number of carboxylic acid groups (broad SMARTS) is 1. The quantitative estimate of drug-likeness (QED) is 0.421. The largest absolute Gasteiger partial charge is 0.480 e. The Bertz CT molecular complexity index is 945. The molecule has 2 amide bonds. The molecule has 0 radical (unpaired) electrons. The van der Waals surface area contributed by atoms with E-state index in [1.165, 1.54) is 0 Å². The number of aliphatic carboxylic acids is 1.